The topological polar surface area (TPSA) is 22.0 Å². The SMILES string of the molecule is CCC.Cc1ccc(=O)n(C(C)C)c1. The van der Waals surface area contributed by atoms with Crippen LogP contribution in [0.15, 0.2) is 23.1 Å². The van der Waals surface area contributed by atoms with Gasteiger partial charge in [0.25, 0.3) is 5.56 Å². The van der Waals surface area contributed by atoms with Gasteiger partial charge in [-0.3, -0.25) is 4.79 Å². The lowest BCUT2D eigenvalue weighted by molar-refractivity contribution is 0.576. The van der Waals surface area contributed by atoms with E-state index >= 15 is 0 Å². The van der Waals surface area contributed by atoms with Gasteiger partial charge in [0.1, 0.15) is 0 Å². The second-order valence-corrected chi connectivity index (χ2v) is 3.75. The second kappa shape index (κ2) is 6.41. The van der Waals surface area contributed by atoms with E-state index < -0.39 is 0 Å². The fraction of sp³-hybridized carbons (Fsp3) is 0.583. The van der Waals surface area contributed by atoms with E-state index in [0.29, 0.717) is 0 Å². The first-order valence-corrected chi connectivity index (χ1v) is 5.21. The lowest BCUT2D eigenvalue weighted by Gasteiger charge is -2.09. The van der Waals surface area contributed by atoms with Crippen molar-refractivity contribution in [2.75, 3.05) is 0 Å². The van der Waals surface area contributed by atoms with Crippen molar-refractivity contribution in [1.82, 2.24) is 4.57 Å². The van der Waals surface area contributed by atoms with E-state index in [1.54, 1.807) is 10.6 Å². The molecule has 0 saturated heterocycles. The van der Waals surface area contributed by atoms with Crippen LogP contribution >= 0.6 is 0 Å². The first-order chi connectivity index (χ1) is 6.52. The van der Waals surface area contributed by atoms with Gasteiger partial charge in [0, 0.05) is 18.3 Å². The van der Waals surface area contributed by atoms with Gasteiger partial charge >= 0.3 is 0 Å². The van der Waals surface area contributed by atoms with Crippen LogP contribution in [0.5, 0.6) is 0 Å². The summed E-state index contributed by atoms with van der Waals surface area (Å²) in [6, 6.07) is 3.69. The van der Waals surface area contributed by atoms with Crippen molar-refractivity contribution in [3.63, 3.8) is 0 Å². The molecule has 1 aromatic heterocycles. The number of hydrogen-bond donors (Lipinski definition) is 0. The van der Waals surface area contributed by atoms with Crippen molar-refractivity contribution in [1.29, 1.82) is 0 Å². The number of nitrogens with zero attached hydrogens (tertiary/aromatic N) is 1. The van der Waals surface area contributed by atoms with Crippen molar-refractivity contribution in [3.8, 4) is 0 Å². The van der Waals surface area contributed by atoms with Gasteiger partial charge in [0.05, 0.1) is 0 Å². The first-order valence-electron chi connectivity index (χ1n) is 5.21. The molecule has 0 bridgehead atoms. The summed E-state index contributed by atoms with van der Waals surface area (Å²) in [6.45, 7) is 10.2. The summed E-state index contributed by atoms with van der Waals surface area (Å²) >= 11 is 0. The average Bonchev–Trinajstić information content (AvgIpc) is 2.10. The minimum absolute atomic E-state index is 0.0746. The van der Waals surface area contributed by atoms with E-state index in [4.69, 9.17) is 0 Å². The fourth-order valence-corrected chi connectivity index (χ4v) is 1.02. The molecular formula is C12H21NO. The van der Waals surface area contributed by atoms with Gasteiger partial charge in [0.15, 0.2) is 0 Å². The summed E-state index contributed by atoms with van der Waals surface area (Å²) in [6.07, 6.45) is 3.13. The summed E-state index contributed by atoms with van der Waals surface area (Å²) in [5, 5.41) is 0. The first kappa shape index (κ1) is 12.9. The van der Waals surface area contributed by atoms with Gasteiger partial charge < -0.3 is 4.57 Å². The molecule has 2 nitrogen and oxygen atoms in total. The van der Waals surface area contributed by atoms with Gasteiger partial charge in [-0.25, -0.2) is 0 Å². The Morgan fingerprint density at radius 1 is 1.29 bits per heavy atom. The number of aromatic nitrogens is 1. The molecule has 0 fully saturated rings. The predicted octanol–water partition coefficient (Wildman–Crippen LogP) is 3.15. The van der Waals surface area contributed by atoms with E-state index in [-0.39, 0.29) is 11.6 Å². The van der Waals surface area contributed by atoms with E-state index in [1.807, 2.05) is 33.0 Å². The highest BCUT2D eigenvalue weighted by atomic mass is 16.1. The molecule has 1 heterocycles. The maximum absolute atomic E-state index is 11.2. The van der Waals surface area contributed by atoms with Gasteiger partial charge in [0.2, 0.25) is 0 Å². The molecule has 2 heteroatoms. The summed E-state index contributed by atoms with van der Waals surface area (Å²) in [7, 11) is 0. The Morgan fingerprint density at radius 3 is 2.14 bits per heavy atom. The predicted molar refractivity (Wildman–Crippen MR) is 61.8 cm³/mol. The number of aryl methyl sites for hydroxylation is 1. The zero-order chi connectivity index (χ0) is 11.1. The minimum atomic E-state index is 0.0746. The molecule has 0 saturated carbocycles. The molecule has 14 heavy (non-hydrogen) atoms. The number of hydrogen-bond acceptors (Lipinski definition) is 1. The molecule has 0 N–H and O–H groups in total. The van der Waals surface area contributed by atoms with Crippen molar-refractivity contribution >= 4 is 0 Å². The van der Waals surface area contributed by atoms with E-state index in [9.17, 15) is 4.79 Å². The Morgan fingerprint density at radius 2 is 1.79 bits per heavy atom. The molecule has 0 spiro atoms. The highest BCUT2D eigenvalue weighted by Gasteiger charge is 1.98. The van der Waals surface area contributed by atoms with Gasteiger partial charge in [-0.05, 0) is 26.3 Å². The Bertz CT molecular complexity index is 312. The molecule has 0 aliphatic rings. The molecule has 0 aliphatic heterocycles. The zero-order valence-corrected chi connectivity index (χ0v) is 9.87. The second-order valence-electron chi connectivity index (χ2n) is 3.75. The quantitative estimate of drug-likeness (QED) is 0.674. The molecule has 0 atom stereocenters. The molecular weight excluding hydrogens is 174 g/mol. The highest BCUT2D eigenvalue weighted by Crippen LogP contribution is 2.00. The van der Waals surface area contributed by atoms with Crippen molar-refractivity contribution in [2.24, 2.45) is 0 Å². The standard InChI is InChI=1S/C9H13NO.C3H8/c1-7(2)10-6-8(3)4-5-9(10)11;1-3-2/h4-7H,1-3H3;3H2,1-2H3. The van der Waals surface area contributed by atoms with Crippen molar-refractivity contribution in [3.05, 3.63) is 34.2 Å². The Labute approximate surface area is 86.6 Å². The van der Waals surface area contributed by atoms with E-state index in [2.05, 4.69) is 13.8 Å². The largest absolute Gasteiger partial charge is 0.313 e. The lowest BCUT2D eigenvalue weighted by Crippen LogP contribution is -2.20. The number of rotatable bonds is 1. The van der Waals surface area contributed by atoms with E-state index in [0.717, 1.165) is 5.56 Å². The van der Waals surface area contributed by atoms with Crippen LogP contribution in [0.2, 0.25) is 0 Å². The normalized spacial score (nSPS) is 9.57. The fourth-order valence-electron chi connectivity index (χ4n) is 1.02. The molecule has 0 aromatic carbocycles. The Kier molecular flexibility index (Phi) is 5.93. The number of pyridine rings is 1. The molecule has 0 amide bonds. The molecule has 0 radical (unpaired) electrons. The van der Waals surface area contributed by atoms with Crippen molar-refractivity contribution in [2.45, 2.75) is 47.1 Å². The Hall–Kier alpha value is -1.05. The van der Waals surface area contributed by atoms with Crippen LogP contribution in [-0.4, -0.2) is 4.57 Å². The molecule has 0 unspecified atom stereocenters. The van der Waals surface area contributed by atoms with Gasteiger partial charge in [-0.15, -0.1) is 0 Å². The zero-order valence-electron chi connectivity index (χ0n) is 9.87. The van der Waals surface area contributed by atoms with E-state index in [1.165, 1.54) is 6.42 Å². The van der Waals surface area contributed by atoms with Gasteiger partial charge in [-0.1, -0.05) is 26.3 Å². The third-order valence-electron chi connectivity index (χ3n) is 1.64. The average molecular weight is 195 g/mol. The highest BCUT2D eigenvalue weighted by molar-refractivity contribution is 5.07. The molecule has 1 rings (SSSR count). The lowest BCUT2D eigenvalue weighted by atomic mass is 10.3. The maximum Gasteiger partial charge on any atom is 0.250 e. The van der Waals surface area contributed by atoms with Gasteiger partial charge in [-0.2, -0.15) is 0 Å². The summed E-state index contributed by atoms with van der Waals surface area (Å²) in [5.74, 6) is 0. The maximum atomic E-state index is 11.2. The van der Waals surface area contributed by atoms with Crippen LogP contribution in [0, 0.1) is 6.92 Å². The molecule has 0 aliphatic carbocycles. The third-order valence-corrected chi connectivity index (χ3v) is 1.64. The van der Waals surface area contributed by atoms with Crippen molar-refractivity contribution < 1.29 is 0 Å². The summed E-state index contributed by atoms with van der Waals surface area (Å²) in [5.41, 5.74) is 1.20. The summed E-state index contributed by atoms with van der Waals surface area (Å²) < 4.78 is 1.73. The minimum Gasteiger partial charge on any atom is -0.313 e. The van der Waals surface area contributed by atoms with Crippen LogP contribution in [0.1, 0.15) is 45.7 Å². The molecule has 1 aromatic rings. The van der Waals surface area contributed by atoms with Crippen LogP contribution < -0.4 is 5.56 Å². The molecule has 80 valence electrons. The van der Waals surface area contributed by atoms with Crippen LogP contribution in [0.4, 0.5) is 0 Å². The smallest absolute Gasteiger partial charge is 0.250 e. The van der Waals surface area contributed by atoms with Crippen LogP contribution in [-0.2, 0) is 0 Å². The van der Waals surface area contributed by atoms with Crippen LogP contribution in [0.25, 0.3) is 0 Å². The van der Waals surface area contributed by atoms with Crippen LogP contribution in [0.3, 0.4) is 0 Å². The summed E-state index contributed by atoms with van der Waals surface area (Å²) in [4.78, 5) is 11.2. The monoisotopic (exact) mass is 195 g/mol. The Balaban J connectivity index is 0.000000500. The third kappa shape index (κ3) is 4.26.